The van der Waals surface area contributed by atoms with Gasteiger partial charge in [-0.05, 0) is 29.5 Å². The molecule has 0 unspecified atom stereocenters. The number of aromatic nitrogens is 3. The van der Waals surface area contributed by atoms with Gasteiger partial charge in [-0.15, -0.1) is 0 Å². The number of hydrogen-bond acceptors (Lipinski definition) is 3. The Balaban J connectivity index is 2.97. The average molecular weight is 288 g/mol. The van der Waals surface area contributed by atoms with E-state index in [4.69, 9.17) is 5.73 Å². The summed E-state index contributed by atoms with van der Waals surface area (Å²) in [7, 11) is 1.95. The second kappa shape index (κ2) is 2.83. The van der Waals surface area contributed by atoms with Crippen molar-refractivity contribution in [2.75, 3.05) is 5.73 Å². The van der Waals surface area contributed by atoms with Gasteiger partial charge in [0, 0.05) is 16.8 Å². The van der Waals surface area contributed by atoms with Crippen LogP contribution in [0, 0.1) is 10.5 Å². The van der Waals surface area contributed by atoms with Crippen LogP contribution in [0.2, 0.25) is 0 Å². The molecular formula is C8H9IN4. The van der Waals surface area contributed by atoms with Crippen molar-refractivity contribution in [2.24, 2.45) is 7.05 Å². The molecule has 0 bridgehead atoms. The van der Waals surface area contributed by atoms with Crippen LogP contribution >= 0.6 is 22.6 Å². The maximum Gasteiger partial charge on any atom is 0.146 e. The van der Waals surface area contributed by atoms with Crippen molar-refractivity contribution in [3.05, 3.63) is 15.6 Å². The lowest BCUT2D eigenvalue weighted by Crippen LogP contribution is -1.98. The van der Waals surface area contributed by atoms with Crippen molar-refractivity contribution in [1.82, 2.24) is 14.5 Å². The van der Waals surface area contributed by atoms with Gasteiger partial charge in [-0.3, -0.25) is 0 Å². The number of nitrogens with zero attached hydrogens (tertiary/aromatic N) is 3. The molecule has 2 aromatic rings. The fourth-order valence-corrected chi connectivity index (χ4v) is 2.29. The van der Waals surface area contributed by atoms with Crippen LogP contribution in [0.15, 0.2) is 6.20 Å². The van der Waals surface area contributed by atoms with Gasteiger partial charge in [0.2, 0.25) is 0 Å². The zero-order chi connectivity index (χ0) is 9.59. The molecule has 0 aliphatic rings. The minimum Gasteiger partial charge on any atom is -0.383 e. The molecule has 68 valence electrons. The summed E-state index contributed by atoms with van der Waals surface area (Å²) in [4.78, 5) is 8.45. The summed E-state index contributed by atoms with van der Waals surface area (Å²) in [5.41, 5.74) is 6.70. The first kappa shape index (κ1) is 8.74. The van der Waals surface area contributed by atoms with Gasteiger partial charge in [0.1, 0.15) is 17.3 Å². The van der Waals surface area contributed by atoms with Gasteiger partial charge in [-0.2, -0.15) is 0 Å². The fourth-order valence-electron chi connectivity index (χ4n) is 1.36. The van der Waals surface area contributed by atoms with Crippen molar-refractivity contribution in [3.8, 4) is 0 Å². The highest BCUT2D eigenvalue weighted by Crippen LogP contribution is 2.24. The molecule has 0 atom stereocenters. The van der Waals surface area contributed by atoms with E-state index in [9.17, 15) is 0 Å². The van der Waals surface area contributed by atoms with Crippen molar-refractivity contribution in [1.29, 1.82) is 0 Å². The number of nitrogen functional groups attached to an aromatic ring is 1. The van der Waals surface area contributed by atoms with Crippen LogP contribution in [0.4, 0.5) is 5.82 Å². The van der Waals surface area contributed by atoms with Crippen LogP contribution in [0.3, 0.4) is 0 Å². The molecule has 5 heteroatoms. The number of rotatable bonds is 0. The monoisotopic (exact) mass is 288 g/mol. The normalized spacial score (nSPS) is 11.0. The van der Waals surface area contributed by atoms with Crippen molar-refractivity contribution < 1.29 is 0 Å². The molecule has 13 heavy (non-hydrogen) atoms. The van der Waals surface area contributed by atoms with E-state index in [0.717, 1.165) is 14.6 Å². The number of halogens is 1. The van der Waals surface area contributed by atoms with Gasteiger partial charge in [-0.1, -0.05) is 0 Å². The molecular weight excluding hydrogens is 279 g/mol. The molecule has 0 aromatic carbocycles. The largest absolute Gasteiger partial charge is 0.383 e. The number of fused-ring (bicyclic) bond motifs is 1. The van der Waals surface area contributed by atoms with Gasteiger partial charge < -0.3 is 10.3 Å². The first-order valence-electron chi connectivity index (χ1n) is 3.84. The molecule has 0 radical (unpaired) electrons. The summed E-state index contributed by atoms with van der Waals surface area (Å²) in [6.07, 6.45) is 2.00. The molecule has 0 fully saturated rings. The Morgan fingerprint density at radius 2 is 2.15 bits per heavy atom. The fraction of sp³-hybridized carbons (Fsp3) is 0.250. The quantitative estimate of drug-likeness (QED) is 0.747. The van der Waals surface area contributed by atoms with E-state index >= 15 is 0 Å². The van der Waals surface area contributed by atoms with Gasteiger partial charge in [-0.25, -0.2) is 9.97 Å². The second-order valence-corrected chi connectivity index (χ2v) is 4.10. The standard InChI is InChI=1S/C8H9IN4/c1-4-11-7(10)6-5(9)3-13(2)8(6)12-4/h3H,1-2H3,(H2,10,11,12). The summed E-state index contributed by atoms with van der Waals surface area (Å²) < 4.78 is 3.05. The predicted octanol–water partition coefficient (Wildman–Crippen LogP) is 1.46. The van der Waals surface area contributed by atoms with E-state index in [1.807, 2.05) is 24.7 Å². The molecule has 2 rings (SSSR count). The molecule has 2 aromatic heterocycles. The Hall–Kier alpha value is -0.850. The highest BCUT2D eigenvalue weighted by atomic mass is 127. The van der Waals surface area contributed by atoms with E-state index in [2.05, 4.69) is 32.6 Å². The summed E-state index contributed by atoms with van der Waals surface area (Å²) in [5.74, 6) is 1.27. The summed E-state index contributed by atoms with van der Waals surface area (Å²) in [5, 5.41) is 0.953. The third kappa shape index (κ3) is 1.27. The minimum absolute atomic E-state index is 0.563. The first-order chi connectivity index (χ1) is 6.09. The Labute approximate surface area is 89.3 Å². The zero-order valence-electron chi connectivity index (χ0n) is 7.37. The molecule has 0 saturated carbocycles. The highest BCUT2D eigenvalue weighted by molar-refractivity contribution is 14.1. The van der Waals surface area contributed by atoms with Crippen LogP contribution in [-0.4, -0.2) is 14.5 Å². The lowest BCUT2D eigenvalue weighted by molar-refractivity contribution is 0.931. The number of aryl methyl sites for hydroxylation is 2. The molecule has 2 heterocycles. The van der Waals surface area contributed by atoms with E-state index in [-0.39, 0.29) is 0 Å². The van der Waals surface area contributed by atoms with Gasteiger partial charge >= 0.3 is 0 Å². The van der Waals surface area contributed by atoms with Crippen molar-refractivity contribution in [3.63, 3.8) is 0 Å². The Morgan fingerprint density at radius 1 is 1.46 bits per heavy atom. The van der Waals surface area contributed by atoms with E-state index < -0.39 is 0 Å². The molecule has 4 nitrogen and oxygen atoms in total. The first-order valence-corrected chi connectivity index (χ1v) is 4.92. The SMILES string of the molecule is Cc1nc(N)c2c(I)cn(C)c2n1. The summed E-state index contributed by atoms with van der Waals surface area (Å²) in [6, 6.07) is 0. The van der Waals surface area contributed by atoms with E-state index in [1.54, 1.807) is 0 Å². The number of nitrogens with two attached hydrogens (primary N) is 1. The molecule has 2 N–H and O–H groups in total. The van der Waals surface area contributed by atoms with E-state index in [0.29, 0.717) is 11.6 Å². The Bertz CT molecular complexity index is 474. The van der Waals surface area contributed by atoms with E-state index in [1.165, 1.54) is 0 Å². The minimum atomic E-state index is 0.563. The molecule has 0 aliphatic heterocycles. The second-order valence-electron chi connectivity index (χ2n) is 2.94. The molecule has 0 amide bonds. The molecule has 0 saturated heterocycles. The summed E-state index contributed by atoms with van der Waals surface area (Å²) in [6.45, 7) is 1.84. The number of anilines is 1. The van der Waals surface area contributed by atoms with Crippen molar-refractivity contribution in [2.45, 2.75) is 6.92 Å². The molecule has 0 aliphatic carbocycles. The van der Waals surface area contributed by atoms with Crippen molar-refractivity contribution >= 4 is 39.4 Å². The van der Waals surface area contributed by atoms with Crippen LogP contribution < -0.4 is 5.73 Å². The highest BCUT2D eigenvalue weighted by Gasteiger charge is 2.10. The van der Waals surface area contributed by atoms with Crippen LogP contribution in [0.1, 0.15) is 5.82 Å². The van der Waals surface area contributed by atoms with Gasteiger partial charge in [0.25, 0.3) is 0 Å². The Morgan fingerprint density at radius 3 is 2.85 bits per heavy atom. The molecule has 0 spiro atoms. The smallest absolute Gasteiger partial charge is 0.146 e. The topological polar surface area (TPSA) is 56.7 Å². The third-order valence-electron chi connectivity index (χ3n) is 1.91. The van der Waals surface area contributed by atoms with Gasteiger partial charge in [0.15, 0.2) is 0 Å². The lowest BCUT2D eigenvalue weighted by atomic mass is 10.4. The van der Waals surface area contributed by atoms with Crippen LogP contribution in [0.5, 0.6) is 0 Å². The van der Waals surface area contributed by atoms with Gasteiger partial charge in [0.05, 0.1) is 5.39 Å². The summed E-state index contributed by atoms with van der Waals surface area (Å²) >= 11 is 2.24. The average Bonchev–Trinajstić information content (AvgIpc) is 2.27. The number of hydrogen-bond donors (Lipinski definition) is 1. The maximum absolute atomic E-state index is 5.80. The predicted molar refractivity (Wildman–Crippen MR) is 60.4 cm³/mol. The van der Waals surface area contributed by atoms with Crippen LogP contribution in [0.25, 0.3) is 11.0 Å². The zero-order valence-corrected chi connectivity index (χ0v) is 9.53. The third-order valence-corrected chi connectivity index (χ3v) is 2.73. The lowest BCUT2D eigenvalue weighted by Gasteiger charge is -1.99. The Kier molecular flexibility index (Phi) is 1.90. The maximum atomic E-state index is 5.80. The van der Waals surface area contributed by atoms with Crippen LogP contribution in [-0.2, 0) is 7.05 Å².